The molecule has 0 saturated heterocycles. The molecule has 0 spiro atoms. The lowest BCUT2D eigenvalue weighted by atomic mass is 10.1. The quantitative estimate of drug-likeness (QED) is 0.412. The van der Waals surface area contributed by atoms with Crippen LogP contribution < -0.4 is 10.6 Å². The zero-order valence-corrected chi connectivity index (χ0v) is 12.6. The van der Waals surface area contributed by atoms with Gasteiger partial charge in [0, 0.05) is 24.8 Å². The van der Waals surface area contributed by atoms with Gasteiger partial charge >= 0.3 is 5.97 Å². The largest absolute Gasteiger partial charge is 0.478 e. The first-order valence-corrected chi connectivity index (χ1v) is 7.04. The lowest BCUT2D eigenvalue weighted by Crippen LogP contribution is -2.15. The smallest absolute Gasteiger partial charge is 0.335 e. The van der Waals surface area contributed by atoms with Crippen molar-refractivity contribution in [3.8, 4) is 0 Å². The van der Waals surface area contributed by atoms with Crippen LogP contribution in [0.5, 0.6) is 0 Å². The highest BCUT2D eigenvalue weighted by Crippen LogP contribution is 2.25. The van der Waals surface area contributed by atoms with Crippen LogP contribution in [0.3, 0.4) is 0 Å². The summed E-state index contributed by atoms with van der Waals surface area (Å²) in [6.07, 6.45) is 0. The fourth-order valence-electron chi connectivity index (χ4n) is 2.13. The van der Waals surface area contributed by atoms with Crippen LogP contribution in [-0.2, 0) is 0 Å². The predicted molar refractivity (Wildman–Crippen MR) is 88.2 cm³/mol. The highest BCUT2D eigenvalue weighted by molar-refractivity contribution is 5.89. The minimum atomic E-state index is -1.19. The third kappa shape index (κ3) is 4.19. The molecule has 0 amide bonds. The molecular weight excluding hydrogens is 298 g/mol. The van der Waals surface area contributed by atoms with E-state index in [4.69, 9.17) is 5.11 Å². The summed E-state index contributed by atoms with van der Waals surface area (Å²) >= 11 is 0. The normalized spacial score (nSPS) is 10.1. The van der Waals surface area contributed by atoms with Crippen LogP contribution in [0.2, 0.25) is 0 Å². The van der Waals surface area contributed by atoms with Gasteiger partial charge < -0.3 is 15.7 Å². The molecule has 0 bridgehead atoms. The van der Waals surface area contributed by atoms with Crippen LogP contribution in [0.15, 0.2) is 42.5 Å². The van der Waals surface area contributed by atoms with Crippen molar-refractivity contribution in [2.75, 3.05) is 23.7 Å². The summed E-state index contributed by atoms with van der Waals surface area (Å²) in [5, 5.41) is 26.1. The van der Waals surface area contributed by atoms with Gasteiger partial charge in [-0.3, -0.25) is 10.1 Å². The lowest BCUT2D eigenvalue weighted by molar-refractivity contribution is -0.384. The van der Waals surface area contributed by atoms with Gasteiger partial charge in [0.1, 0.15) is 5.69 Å². The summed E-state index contributed by atoms with van der Waals surface area (Å²) in [6.45, 7) is 3.02. The molecule has 3 N–H and O–H groups in total. The van der Waals surface area contributed by atoms with E-state index in [1.165, 1.54) is 12.1 Å². The van der Waals surface area contributed by atoms with E-state index in [0.29, 0.717) is 18.8 Å². The van der Waals surface area contributed by atoms with Crippen LogP contribution in [0, 0.1) is 17.0 Å². The number of nitro groups is 1. The first-order valence-electron chi connectivity index (χ1n) is 7.04. The second kappa shape index (κ2) is 7.26. The average molecular weight is 315 g/mol. The molecule has 0 unspecified atom stereocenters. The Morgan fingerprint density at radius 2 is 1.78 bits per heavy atom. The molecular formula is C16H17N3O4. The van der Waals surface area contributed by atoms with E-state index in [1.54, 1.807) is 0 Å². The second-order valence-corrected chi connectivity index (χ2v) is 4.96. The van der Waals surface area contributed by atoms with Crippen LogP contribution in [0.25, 0.3) is 0 Å². The summed E-state index contributed by atoms with van der Waals surface area (Å²) in [5.74, 6) is -1.19. The number of aryl methyl sites for hydroxylation is 1. The SMILES string of the molecule is Cc1ccccc1NCCNc1ccc(C(=O)O)cc1[N+](=O)[O-]. The van der Waals surface area contributed by atoms with E-state index < -0.39 is 10.9 Å². The number of nitrogens with one attached hydrogen (secondary N) is 2. The number of benzene rings is 2. The highest BCUT2D eigenvalue weighted by Gasteiger charge is 2.16. The maximum Gasteiger partial charge on any atom is 0.335 e. The zero-order chi connectivity index (χ0) is 16.8. The zero-order valence-electron chi connectivity index (χ0n) is 12.6. The van der Waals surface area contributed by atoms with Gasteiger partial charge in [0.25, 0.3) is 5.69 Å². The Labute approximate surface area is 133 Å². The Morgan fingerprint density at radius 3 is 2.39 bits per heavy atom. The summed E-state index contributed by atoms with van der Waals surface area (Å²) in [6, 6.07) is 11.6. The maximum absolute atomic E-state index is 11.1. The van der Waals surface area contributed by atoms with Crippen molar-refractivity contribution in [1.29, 1.82) is 0 Å². The Kier molecular flexibility index (Phi) is 5.14. The van der Waals surface area contributed by atoms with Crippen LogP contribution in [0.4, 0.5) is 17.1 Å². The molecule has 7 nitrogen and oxygen atoms in total. The van der Waals surface area contributed by atoms with Gasteiger partial charge in [0.05, 0.1) is 10.5 Å². The molecule has 0 saturated carbocycles. The first-order chi connectivity index (χ1) is 11.0. The molecule has 0 aliphatic heterocycles. The van der Waals surface area contributed by atoms with Crippen LogP contribution in [0.1, 0.15) is 15.9 Å². The van der Waals surface area contributed by atoms with Gasteiger partial charge in [-0.05, 0) is 30.7 Å². The van der Waals surface area contributed by atoms with Crippen LogP contribution in [-0.4, -0.2) is 29.1 Å². The van der Waals surface area contributed by atoms with Crippen molar-refractivity contribution in [1.82, 2.24) is 0 Å². The van der Waals surface area contributed by atoms with Crippen LogP contribution >= 0.6 is 0 Å². The Bertz CT molecular complexity index is 731. The average Bonchev–Trinajstić information content (AvgIpc) is 2.52. The molecule has 0 fully saturated rings. The monoisotopic (exact) mass is 315 g/mol. The molecule has 2 aromatic carbocycles. The topological polar surface area (TPSA) is 104 Å². The highest BCUT2D eigenvalue weighted by atomic mass is 16.6. The van der Waals surface area contributed by atoms with Crippen molar-refractivity contribution in [3.05, 3.63) is 63.7 Å². The molecule has 0 atom stereocenters. The number of hydrogen-bond acceptors (Lipinski definition) is 5. The fourth-order valence-corrected chi connectivity index (χ4v) is 2.13. The van der Waals surface area contributed by atoms with Gasteiger partial charge in [0.2, 0.25) is 0 Å². The number of rotatable bonds is 7. The molecule has 23 heavy (non-hydrogen) atoms. The van der Waals surface area contributed by atoms with Crippen molar-refractivity contribution < 1.29 is 14.8 Å². The molecule has 0 aliphatic carbocycles. The number of nitrogens with zero attached hydrogens (tertiary/aromatic N) is 1. The predicted octanol–water partition coefficient (Wildman–Crippen LogP) is 3.13. The maximum atomic E-state index is 11.1. The Hall–Kier alpha value is -3.09. The Morgan fingerprint density at radius 1 is 1.13 bits per heavy atom. The van der Waals surface area contributed by atoms with Gasteiger partial charge in [-0.2, -0.15) is 0 Å². The number of carbonyl (C=O) groups is 1. The van der Waals surface area contributed by atoms with Crippen molar-refractivity contribution in [2.24, 2.45) is 0 Å². The van der Waals surface area contributed by atoms with E-state index in [0.717, 1.165) is 17.3 Å². The molecule has 0 aliphatic rings. The molecule has 0 radical (unpaired) electrons. The Balaban J connectivity index is 1.99. The first kappa shape index (κ1) is 16.3. The summed E-state index contributed by atoms with van der Waals surface area (Å²) in [7, 11) is 0. The second-order valence-electron chi connectivity index (χ2n) is 4.96. The fraction of sp³-hybridized carbons (Fsp3) is 0.188. The van der Waals surface area contributed by atoms with Gasteiger partial charge in [-0.15, -0.1) is 0 Å². The van der Waals surface area contributed by atoms with E-state index in [2.05, 4.69) is 10.6 Å². The third-order valence-electron chi connectivity index (χ3n) is 3.34. The number of aromatic carboxylic acids is 1. The van der Waals surface area contributed by atoms with E-state index in [-0.39, 0.29) is 11.3 Å². The van der Waals surface area contributed by atoms with E-state index in [9.17, 15) is 14.9 Å². The number of anilines is 2. The molecule has 0 heterocycles. The number of hydrogen-bond donors (Lipinski definition) is 3. The molecule has 2 aromatic rings. The molecule has 2 rings (SSSR count). The standard InChI is InChI=1S/C16H17N3O4/c1-11-4-2-3-5-13(11)17-8-9-18-14-7-6-12(16(20)21)10-15(14)19(22)23/h2-7,10,17-18H,8-9H2,1H3,(H,20,21). The summed E-state index contributed by atoms with van der Waals surface area (Å²) < 4.78 is 0. The number of carboxylic acids is 1. The molecule has 120 valence electrons. The molecule has 7 heteroatoms. The lowest BCUT2D eigenvalue weighted by Gasteiger charge is -2.11. The summed E-state index contributed by atoms with van der Waals surface area (Å²) in [4.78, 5) is 21.3. The van der Waals surface area contributed by atoms with E-state index >= 15 is 0 Å². The summed E-state index contributed by atoms with van der Waals surface area (Å²) in [5.41, 5.74) is 2.06. The van der Waals surface area contributed by atoms with Crippen molar-refractivity contribution in [3.63, 3.8) is 0 Å². The minimum Gasteiger partial charge on any atom is -0.478 e. The minimum absolute atomic E-state index is 0.111. The van der Waals surface area contributed by atoms with Gasteiger partial charge in [-0.25, -0.2) is 4.79 Å². The van der Waals surface area contributed by atoms with Gasteiger partial charge in [0.15, 0.2) is 0 Å². The van der Waals surface area contributed by atoms with Gasteiger partial charge in [-0.1, -0.05) is 18.2 Å². The number of para-hydroxylation sites is 1. The number of carboxylic acid groups (broad SMARTS) is 1. The van der Waals surface area contributed by atoms with Crippen molar-refractivity contribution >= 4 is 23.0 Å². The van der Waals surface area contributed by atoms with E-state index in [1.807, 2.05) is 31.2 Å². The third-order valence-corrected chi connectivity index (χ3v) is 3.34. The van der Waals surface area contributed by atoms with Crippen molar-refractivity contribution in [2.45, 2.75) is 6.92 Å². The number of nitro benzene ring substituents is 1. The molecule has 0 aromatic heterocycles.